The van der Waals surface area contributed by atoms with Crippen LogP contribution in [0.1, 0.15) is 0 Å². The fourth-order valence-electron chi connectivity index (χ4n) is 0.224. The third-order valence-electron chi connectivity index (χ3n) is 0.635. The lowest BCUT2D eigenvalue weighted by Gasteiger charge is -2.03. The lowest BCUT2D eigenvalue weighted by molar-refractivity contribution is -0.113. The molecule has 0 heterocycles. The van der Waals surface area contributed by atoms with Crippen LogP contribution in [-0.4, -0.2) is 16.7 Å². The number of hydrogen-bond donors (Lipinski definition) is 0. The van der Waals surface area contributed by atoms with Crippen LogP contribution in [-0.2, 0) is 9.53 Å². The minimum absolute atomic E-state index is 0.626. The Labute approximate surface area is 73.7 Å². The first-order valence-electron chi connectivity index (χ1n) is 2.29. The number of halogens is 3. The van der Waals surface area contributed by atoms with Gasteiger partial charge in [-0.1, -0.05) is 34.8 Å². The van der Waals surface area contributed by atoms with Crippen LogP contribution >= 0.6 is 34.8 Å². The third kappa shape index (κ3) is 3.99. The van der Waals surface area contributed by atoms with E-state index in [1.54, 1.807) is 0 Å². The van der Waals surface area contributed by atoms with E-state index in [0.29, 0.717) is 0 Å². The van der Waals surface area contributed by atoms with Gasteiger partial charge in [0.05, 0.1) is 13.4 Å². The van der Waals surface area contributed by atoms with Gasteiger partial charge in [-0.2, -0.15) is 0 Å². The maximum atomic E-state index is 10.7. The molecule has 0 aliphatic rings. The summed E-state index contributed by atoms with van der Waals surface area (Å²) in [5.41, 5.74) is 0. The number of carbonyl (C=O) groups excluding carboxylic acids is 1. The maximum Gasteiger partial charge on any atom is 0.252 e. The molecular weight excluding hydrogens is 198 g/mol. The largest absolute Gasteiger partial charge is 0.504 e. The van der Waals surface area contributed by atoms with E-state index in [0.717, 1.165) is 12.3 Å². The zero-order chi connectivity index (χ0) is 8.20. The second kappa shape index (κ2) is 4.06. The molecule has 10 heavy (non-hydrogen) atoms. The van der Waals surface area contributed by atoms with Crippen molar-refractivity contribution in [2.75, 3.05) is 7.11 Å². The molecule has 0 rings (SSSR count). The van der Waals surface area contributed by atoms with E-state index >= 15 is 0 Å². The molecule has 0 aliphatic heterocycles. The van der Waals surface area contributed by atoms with Gasteiger partial charge in [0.2, 0.25) is 5.78 Å². The Morgan fingerprint density at radius 3 is 2.30 bits per heavy atom. The van der Waals surface area contributed by atoms with E-state index in [4.69, 9.17) is 34.8 Å². The number of methoxy groups -OCH3 is 1. The fraction of sp³-hybridized carbons (Fsp3) is 0.400. The third-order valence-corrected chi connectivity index (χ3v) is 1.19. The molecule has 0 N–H and O–H groups in total. The fourth-order valence-corrected chi connectivity index (χ4v) is 0.413. The van der Waals surface area contributed by atoms with Crippen molar-refractivity contribution in [3.8, 4) is 0 Å². The molecule has 0 bridgehead atoms. The number of carbonyl (C=O) groups is 1. The number of rotatable bonds is 2. The SMILES string of the molecule is COC=CC(=O)C(Cl)(Cl)Cl. The molecule has 0 unspecified atom stereocenters. The molecule has 0 atom stereocenters. The van der Waals surface area contributed by atoms with Crippen LogP contribution in [0.15, 0.2) is 12.3 Å². The van der Waals surface area contributed by atoms with Gasteiger partial charge in [0.15, 0.2) is 0 Å². The summed E-state index contributed by atoms with van der Waals surface area (Å²) in [7, 11) is 1.39. The first-order valence-corrected chi connectivity index (χ1v) is 3.42. The Hall–Kier alpha value is 0.0800. The summed E-state index contributed by atoms with van der Waals surface area (Å²) in [6, 6.07) is 0. The van der Waals surface area contributed by atoms with Crippen molar-refractivity contribution in [3.63, 3.8) is 0 Å². The van der Waals surface area contributed by atoms with Crippen molar-refractivity contribution >= 4 is 40.6 Å². The van der Waals surface area contributed by atoms with Crippen LogP contribution in [0.2, 0.25) is 0 Å². The number of alkyl halides is 3. The van der Waals surface area contributed by atoms with Gasteiger partial charge in [0, 0.05) is 6.08 Å². The highest BCUT2D eigenvalue weighted by Crippen LogP contribution is 2.27. The molecule has 0 aromatic carbocycles. The average Bonchev–Trinajstić information content (AvgIpc) is 1.80. The molecule has 0 amide bonds. The van der Waals surface area contributed by atoms with Gasteiger partial charge < -0.3 is 4.74 Å². The Morgan fingerprint density at radius 2 is 2.00 bits per heavy atom. The minimum Gasteiger partial charge on any atom is -0.504 e. The van der Waals surface area contributed by atoms with E-state index in [1.807, 2.05) is 0 Å². The Balaban J connectivity index is 3.98. The zero-order valence-corrected chi connectivity index (χ0v) is 7.37. The van der Waals surface area contributed by atoms with Crippen LogP contribution in [0.25, 0.3) is 0 Å². The lowest BCUT2D eigenvalue weighted by Crippen LogP contribution is -2.15. The first-order chi connectivity index (χ1) is 4.48. The first kappa shape index (κ1) is 10.1. The molecule has 58 valence electrons. The molecule has 0 fully saturated rings. The second-order valence-electron chi connectivity index (χ2n) is 1.40. The van der Waals surface area contributed by atoms with Crippen LogP contribution < -0.4 is 0 Å². The standard InChI is InChI=1S/C5H5Cl3O2/c1-10-3-2-4(9)5(6,7)8/h2-3H,1H3. The van der Waals surface area contributed by atoms with Crippen molar-refractivity contribution in [2.45, 2.75) is 3.79 Å². The van der Waals surface area contributed by atoms with E-state index in [9.17, 15) is 4.79 Å². The predicted octanol–water partition coefficient (Wildman–Crippen LogP) is 2.09. The second-order valence-corrected chi connectivity index (χ2v) is 3.68. The smallest absolute Gasteiger partial charge is 0.252 e. The van der Waals surface area contributed by atoms with Gasteiger partial charge in [-0.25, -0.2) is 0 Å². The molecule has 0 aromatic heterocycles. The molecule has 0 saturated heterocycles. The zero-order valence-electron chi connectivity index (χ0n) is 5.11. The molecule has 0 aliphatic carbocycles. The molecule has 0 aromatic rings. The van der Waals surface area contributed by atoms with Gasteiger partial charge in [-0.3, -0.25) is 4.79 Å². The summed E-state index contributed by atoms with van der Waals surface area (Å²) in [6.07, 6.45) is 2.19. The Kier molecular flexibility index (Phi) is 4.09. The van der Waals surface area contributed by atoms with E-state index in [-0.39, 0.29) is 0 Å². The van der Waals surface area contributed by atoms with Gasteiger partial charge in [-0.05, 0) is 0 Å². The van der Waals surface area contributed by atoms with Gasteiger partial charge >= 0.3 is 0 Å². The molecule has 0 radical (unpaired) electrons. The summed E-state index contributed by atoms with van der Waals surface area (Å²) < 4.78 is 2.55. The lowest BCUT2D eigenvalue weighted by atomic mass is 10.4. The number of ether oxygens (including phenoxy) is 1. The van der Waals surface area contributed by atoms with E-state index in [1.165, 1.54) is 7.11 Å². The van der Waals surface area contributed by atoms with E-state index in [2.05, 4.69) is 4.74 Å². The van der Waals surface area contributed by atoms with Crippen molar-refractivity contribution in [1.29, 1.82) is 0 Å². The number of ketones is 1. The normalized spacial score (nSPS) is 12.0. The van der Waals surface area contributed by atoms with Crippen LogP contribution in [0.3, 0.4) is 0 Å². The summed E-state index contributed by atoms with van der Waals surface area (Å²) in [5, 5.41) is 0. The van der Waals surface area contributed by atoms with Crippen molar-refractivity contribution in [2.24, 2.45) is 0 Å². The van der Waals surface area contributed by atoms with Crippen LogP contribution in [0.4, 0.5) is 0 Å². The highest BCUT2D eigenvalue weighted by Gasteiger charge is 2.27. The van der Waals surface area contributed by atoms with Crippen molar-refractivity contribution in [1.82, 2.24) is 0 Å². The Morgan fingerprint density at radius 1 is 1.50 bits per heavy atom. The highest BCUT2D eigenvalue weighted by molar-refractivity contribution is 6.77. The van der Waals surface area contributed by atoms with Gasteiger partial charge in [-0.15, -0.1) is 0 Å². The maximum absolute atomic E-state index is 10.7. The minimum atomic E-state index is -1.88. The van der Waals surface area contributed by atoms with E-state index < -0.39 is 9.58 Å². The molecule has 0 spiro atoms. The van der Waals surface area contributed by atoms with Crippen LogP contribution in [0, 0.1) is 0 Å². The number of allylic oxidation sites excluding steroid dienone is 1. The van der Waals surface area contributed by atoms with Gasteiger partial charge in [0.1, 0.15) is 0 Å². The summed E-state index contributed by atoms with van der Waals surface area (Å²) in [6.45, 7) is 0. The molecular formula is C5H5Cl3O2. The highest BCUT2D eigenvalue weighted by atomic mass is 35.6. The quantitative estimate of drug-likeness (QED) is 0.390. The van der Waals surface area contributed by atoms with Crippen molar-refractivity contribution < 1.29 is 9.53 Å². The average molecular weight is 203 g/mol. The summed E-state index contributed by atoms with van der Waals surface area (Å²) in [5.74, 6) is -0.626. The topological polar surface area (TPSA) is 26.3 Å². The van der Waals surface area contributed by atoms with Crippen molar-refractivity contribution in [3.05, 3.63) is 12.3 Å². The molecule has 0 saturated carbocycles. The molecule has 5 heteroatoms. The molecule has 2 nitrogen and oxygen atoms in total. The van der Waals surface area contributed by atoms with Gasteiger partial charge in [0.25, 0.3) is 3.79 Å². The monoisotopic (exact) mass is 202 g/mol. The Bertz CT molecular complexity index is 147. The van der Waals surface area contributed by atoms with Crippen LogP contribution in [0.5, 0.6) is 0 Å². The predicted molar refractivity (Wildman–Crippen MR) is 41.4 cm³/mol. The summed E-state index contributed by atoms with van der Waals surface area (Å²) in [4.78, 5) is 10.7. The summed E-state index contributed by atoms with van der Waals surface area (Å²) >= 11 is 15.6. The number of hydrogen-bond acceptors (Lipinski definition) is 2.